The maximum atomic E-state index is 3.25. The van der Waals surface area contributed by atoms with E-state index in [4.69, 9.17) is 0 Å². The molecule has 0 atom stereocenters. The maximum Gasteiger partial charge on any atom is 1.00 e. The van der Waals surface area contributed by atoms with Gasteiger partial charge in [-0.05, 0) is 0 Å². The minimum atomic E-state index is 0. The van der Waals surface area contributed by atoms with Crippen LogP contribution in [0.1, 0.15) is 6.92 Å². The number of hydrogen-bond acceptors (Lipinski definition) is 0. The Bertz CT molecular complexity index is 6.00. The molecular weight excluding hydrogens is 352 g/mol. The third-order valence-electron chi connectivity index (χ3n) is 0. The van der Waals surface area contributed by atoms with Crippen molar-refractivity contribution in [3.63, 3.8) is 0 Å². The van der Waals surface area contributed by atoms with Crippen molar-refractivity contribution in [2.75, 3.05) is 0 Å². The van der Waals surface area contributed by atoms with Crippen LogP contribution in [-0.4, -0.2) is 0 Å². The van der Waals surface area contributed by atoms with Crippen molar-refractivity contribution in [2.45, 2.75) is 6.92 Å². The van der Waals surface area contributed by atoms with Crippen molar-refractivity contribution in [1.29, 1.82) is 0 Å². The van der Waals surface area contributed by atoms with Crippen molar-refractivity contribution in [1.82, 2.24) is 0 Å². The van der Waals surface area contributed by atoms with Crippen LogP contribution in [0.25, 0.3) is 0 Å². The summed E-state index contributed by atoms with van der Waals surface area (Å²) in [5.41, 5.74) is 0. The van der Waals surface area contributed by atoms with Gasteiger partial charge >= 0.3 is 27.7 Å². The summed E-state index contributed by atoms with van der Waals surface area (Å²) in [7, 11) is 0. The molecule has 0 aliphatic carbocycles. The molecule has 0 nitrogen and oxygen atoms in total. The van der Waals surface area contributed by atoms with Crippen LogP contribution in [0.4, 0.5) is 0 Å². The molecule has 2 heteroatoms. The molecule has 0 unspecified atom stereocenters. The molecule has 0 heterocycles. The molecule has 0 aromatic rings. The molecule has 0 N–H and O–H groups in total. The van der Waals surface area contributed by atoms with Crippen LogP contribution in [0.15, 0.2) is 0 Å². The summed E-state index contributed by atoms with van der Waals surface area (Å²) < 4.78 is 0. The summed E-state index contributed by atoms with van der Waals surface area (Å²) in [6.07, 6.45) is 0. The van der Waals surface area contributed by atoms with E-state index in [-0.39, 0.29) is 51.6 Å². The van der Waals surface area contributed by atoms with Gasteiger partial charge in [-0.15, -0.1) is 0 Å². The van der Waals surface area contributed by atoms with Crippen LogP contribution in [-0.2, 0) is 27.7 Å². The van der Waals surface area contributed by atoms with Crippen LogP contribution < -0.4 is 24.0 Å². The van der Waals surface area contributed by atoms with Crippen LogP contribution in [0.2, 0.25) is 0 Å². The van der Waals surface area contributed by atoms with Gasteiger partial charge in [0, 0.05) is 0 Å². The monoisotopic (exact) mass is 358 g/mol. The zero-order valence-corrected chi connectivity index (χ0v) is 10.4. The van der Waals surface area contributed by atoms with Crippen molar-refractivity contribution in [3.8, 4) is 0 Å². The summed E-state index contributed by atoms with van der Waals surface area (Å²) >= 11 is 0. The molecule has 0 aliphatic heterocycles. The zero-order chi connectivity index (χ0) is 2.00. The van der Waals surface area contributed by atoms with Gasteiger partial charge in [-0.2, -0.15) is 0 Å². The average Bonchev–Trinajstić information content (AvgIpc) is 1.00. The van der Waals surface area contributed by atoms with E-state index in [0.29, 0.717) is 0 Å². The number of halogens is 1. The second-order valence-electron chi connectivity index (χ2n) is 0. The Hall–Kier alpha value is 1.67. The minimum Gasteiger partial charge on any atom is -1.00 e. The van der Waals surface area contributed by atoms with Crippen molar-refractivity contribution in [2.24, 2.45) is 0 Å². The fourth-order valence-corrected chi connectivity index (χ4v) is 0. The minimum absolute atomic E-state index is 0. The third-order valence-corrected chi connectivity index (χ3v) is 0. The molecule has 0 amide bonds. The largest absolute Gasteiger partial charge is 1.00 e. The third kappa shape index (κ3) is 9.39. The standard InChI is InChI=1S/C2H5.Hg.HI/c1-2;;/h1H2,2H3;;1H/q;+1;/p-1. The van der Waals surface area contributed by atoms with E-state index in [1.807, 2.05) is 0 Å². The summed E-state index contributed by atoms with van der Waals surface area (Å²) in [6, 6.07) is 0. The van der Waals surface area contributed by atoms with Crippen molar-refractivity contribution >= 4 is 0 Å². The van der Waals surface area contributed by atoms with Crippen LogP contribution in [0.3, 0.4) is 0 Å². The Morgan fingerprint density at radius 2 is 1.25 bits per heavy atom. The van der Waals surface area contributed by atoms with Crippen molar-refractivity contribution < 1.29 is 51.6 Å². The molecule has 0 aromatic heterocycles. The van der Waals surface area contributed by atoms with E-state index in [0.717, 1.165) is 0 Å². The van der Waals surface area contributed by atoms with Gasteiger partial charge in [0.15, 0.2) is 0 Å². The van der Waals surface area contributed by atoms with Gasteiger partial charge in [-0.25, -0.2) is 0 Å². The van der Waals surface area contributed by atoms with E-state index in [9.17, 15) is 0 Å². The Labute approximate surface area is 64.9 Å². The summed E-state index contributed by atoms with van der Waals surface area (Å²) in [6.45, 7) is 5.00. The van der Waals surface area contributed by atoms with Gasteiger partial charge < -0.3 is 24.0 Å². The fourth-order valence-electron chi connectivity index (χ4n) is 0. The predicted molar refractivity (Wildman–Crippen MR) is 11.0 cm³/mol. The Morgan fingerprint density at radius 3 is 1.25 bits per heavy atom. The zero-order valence-electron chi connectivity index (χ0n) is 2.79. The number of rotatable bonds is 0. The Balaban J connectivity index is -0.00000000500. The van der Waals surface area contributed by atoms with Crippen LogP contribution in [0, 0.1) is 6.92 Å². The maximum absolute atomic E-state index is 3.25. The van der Waals surface area contributed by atoms with Gasteiger partial charge in [0.25, 0.3) is 0 Å². The van der Waals surface area contributed by atoms with Gasteiger partial charge in [0.1, 0.15) is 0 Å². The molecule has 0 saturated carbocycles. The molecule has 2 radical (unpaired) electrons. The first-order valence-electron chi connectivity index (χ1n) is 0.707. The topological polar surface area (TPSA) is 0 Å². The molecule has 4 heavy (non-hydrogen) atoms. The molecule has 0 bridgehead atoms. The number of hydrogen-bond donors (Lipinski definition) is 0. The van der Waals surface area contributed by atoms with E-state index in [2.05, 4.69) is 6.92 Å². The average molecular weight is 357 g/mol. The SMILES string of the molecule is [CH2]C.[Hg+].[I-]. The van der Waals surface area contributed by atoms with E-state index in [1.165, 1.54) is 0 Å². The van der Waals surface area contributed by atoms with Gasteiger partial charge in [-0.3, -0.25) is 0 Å². The first-order chi connectivity index (χ1) is 1.00. The van der Waals surface area contributed by atoms with Gasteiger partial charge in [-0.1, -0.05) is 13.8 Å². The van der Waals surface area contributed by atoms with Gasteiger partial charge in [0.2, 0.25) is 0 Å². The molecule has 0 aliphatic rings. The van der Waals surface area contributed by atoms with Crippen molar-refractivity contribution in [3.05, 3.63) is 6.92 Å². The van der Waals surface area contributed by atoms with Crippen LogP contribution in [0.5, 0.6) is 0 Å². The Morgan fingerprint density at radius 1 is 1.25 bits per heavy atom. The van der Waals surface area contributed by atoms with E-state index < -0.39 is 0 Å². The second kappa shape index (κ2) is 22.6. The summed E-state index contributed by atoms with van der Waals surface area (Å²) in [5, 5.41) is 0. The quantitative estimate of drug-likeness (QED) is 0.343. The Kier molecular flexibility index (Phi) is 98.1. The summed E-state index contributed by atoms with van der Waals surface area (Å²) in [5.74, 6) is 0. The second-order valence-corrected chi connectivity index (χ2v) is 0. The molecule has 0 fully saturated rings. The molecule has 22 valence electrons. The summed E-state index contributed by atoms with van der Waals surface area (Å²) in [4.78, 5) is 0. The van der Waals surface area contributed by atoms with E-state index >= 15 is 0 Å². The first kappa shape index (κ1) is 17.4. The molecule has 0 saturated heterocycles. The normalized spacial score (nSPS) is 1.50. The van der Waals surface area contributed by atoms with Crippen LogP contribution >= 0.6 is 0 Å². The predicted octanol–water partition coefficient (Wildman–Crippen LogP) is -2.16. The fraction of sp³-hybridized carbons (Fsp3) is 0.500. The molecule has 0 aromatic carbocycles. The molecule has 0 spiro atoms. The van der Waals surface area contributed by atoms with E-state index in [1.54, 1.807) is 6.92 Å². The van der Waals surface area contributed by atoms with Gasteiger partial charge in [0.05, 0.1) is 0 Å². The molecular formula is C2H5HgI. The first-order valence-corrected chi connectivity index (χ1v) is 0.707. The smallest absolute Gasteiger partial charge is 1.00 e. The molecule has 0 rings (SSSR count).